The van der Waals surface area contributed by atoms with Crippen molar-refractivity contribution in [1.29, 1.82) is 0 Å². The minimum absolute atomic E-state index is 0.0332. The van der Waals surface area contributed by atoms with Crippen molar-refractivity contribution in [3.05, 3.63) is 83.3 Å². The zero-order valence-electron chi connectivity index (χ0n) is 14.3. The summed E-state index contributed by atoms with van der Waals surface area (Å²) >= 11 is 0. The number of rotatable bonds is 7. The number of hydrogen-bond acceptors (Lipinski definition) is 5. The molecule has 0 aliphatic carbocycles. The number of carbonyl (C=O) groups is 2. The fraction of sp³-hybridized carbons (Fsp3) is 0.158. The molecule has 0 saturated heterocycles. The lowest BCUT2D eigenvalue weighted by molar-refractivity contribution is -0.121. The Kier molecular flexibility index (Phi) is 5.55. The SMILES string of the molecule is NC(=O)c1nc(CNC(=O)CC(c2ccccc2)c2ccccc2F)no1. The molecule has 2 amide bonds. The molecule has 3 aromatic rings. The van der Waals surface area contributed by atoms with E-state index in [1.165, 1.54) is 6.07 Å². The molecule has 7 nitrogen and oxygen atoms in total. The normalized spacial score (nSPS) is 11.7. The lowest BCUT2D eigenvalue weighted by atomic mass is 9.88. The average molecular weight is 368 g/mol. The molecular formula is C19H17FN4O3. The second-order valence-electron chi connectivity index (χ2n) is 5.85. The van der Waals surface area contributed by atoms with Crippen LogP contribution in [-0.2, 0) is 11.3 Å². The van der Waals surface area contributed by atoms with E-state index in [-0.39, 0.29) is 36.4 Å². The summed E-state index contributed by atoms with van der Waals surface area (Å²) in [5.74, 6) is -2.18. The van der Waals surface area contributed by atoms with Crippen LogP contribution in [0, 0.1) is 5.82 Å². The van der Waals surface area contributed by atoms with E-state index < -0.39 is 11.8 Å². The summed E-state index contributed by atoms with van der Waals surface area (Å²) in [6, 6.07) is 15.6. The highest BCUT2D eigenvalue weighted by Gasteiger charge is 2.21. The van der Waals surface area contributed by atoms with Crippen LogP contribution in [0.4, 0.5) is 4.39 Å². The van der Waals surface area contributed by atoms with Crippen molar-refractivity contribution in [3.8, 4) is 0 Å². The molecule has 138 valence electrons. The maximum atomic E-state index is 14.3. The summed E-state index contributed by atoms with van der Waals surface area (Å²) in [6.07, 6.45) is 0.0332. The van der Waals surface area contributed by atoms with E-state index in [2.05, 4.69) is 20.0 Å². The highest BCUT2D eigenvalue weighted by Crippen LogP contribution is 2.29. The largest absolute Gasteiger partial charge is 0.361 e. The average Bonchev–Trinajstić information content (AvgIpc) is 3.15. The molecule has 3 N–H and O–H groups in total. The minimum Gasteiger partial charge on any atom is -0.361 e. The molecule has 0 radical (unpaired) electrons. The second-order valence-corrected chi connectivity index (χ2v) is 5.85. The smallest absolute Gasteiger partial charge is 0.315 e. The van der Waals surface area contributed by atoms with E-state index in [0.717, 1.165) is 5.56 Å². The number of primary amides is 1. The van der Waals surface area contributed by atoms with E-state index in [1.54, 1.807) is 18.2 Å². The quantitative estimate of drug-likeness (QED) is 0.664. The first kappa shape index (κ1) is 18.2. The third-order valence-corrected chi connectivity index (χ3v) is 3.99. The molecule has 3 rings (SSSR count). The highest BCUT2D eigenvalue weighted by atomic mass is 19.1. The van der Waals surface area contributed by atoms with Crippen LogP contribution < -0.4 is 11.1 Å². The third-order valence-electron chi connectivity index (χ3n) is 3.99. The number of nitrogens with two attached hydrogens (primary N) is 1. The molecule has 1 heterocycles. The predicted octanol–water partition coefficient (Wildman–Crippen LogP) is 2.15. The van der Waals surface area contributed by atoms with Crippen LogP contribution in [0.15, 0.2) is 59.1 Å². The summed E-state index contributed by atoms with van der Waals surface area (Å²) in [4.78, 5) is 27.1. The number of aromatic nitrogens is 2. The van der Waals surface area contributed by atoms with Gasteiger partial charge in [-0.1, -0.05) is 53.7 Å². The first-order valence-corrected chi connectivity index (χ1v) is 8.23. The van der Waals surface area contributed by atoms with Crippen molar-refractivity contribution >= 4 is 11.8 Å². The topological polar surface area (TPSA) is 111 Å². The molecule has 0 saturated carbocycles. The maximum Gasteiger partial charge on any atom is 0.315 e. The van der Waals surface area contributed by atoms with Gasteiger partial charge in [-0.15, -0.1) is 0 Å². The molecular weight excluding hydrogens is 351 g/mol. The van der Waals surface area contributed by atoms with Crippen molar-refractivity contribution in [3.63, 3.8) is 0 Å². The van der Waals surface area contributed by atoms with Crippen LogP contribution in [-0.4, -0.2) is 22.0 Å². The lowest BCUT2D eigenvalue weighted by Gasteiger charge is -2.18. The molecule has 1 unspecified atom stereocenters. The van der Waals surface area contributed by atoms with Gasteiger partial charge in [0.15, 0.2) is 5.82 Å². The van der Waals surface area contributed by atoms with Crippen molar-refractivity contribution in [2.75, 3.05) is 0 Å². The number of amides is 2. The van der Waals surface area contributed by atoms with Crippen molar-refractivity contribution < 1.29 is 18.5 Å². The summed E-state index contributed by atoms with van der Waals surface area (Å²) in [5.41, 5.74) is 6.30. The van der Waals surface area contributed by atoms with E-state index in [9.17, 15) is 14.0 Å². The lowest BCUT2D eigenvalue weighted by Crippen LogP contribution is -2.25. The van der Waals surface area contributed by atoms with Crippen LogP contribution in [0.25, 0.3) is 0 Å². The van der Waals surface area contributed by atoms with Gasteiger partial charge in [-0.05, 0) is 17.2 Å². The number of nitrogens with one attached hydrogen (secondary N) is 1. The van der Waals surface area contributed by atoms with Gasteiger partial charge in [0, 0.05) is 12.3 Å². The van der Waals surface area contributed by atoms with Crippen molar-refractivity contribution in [2.24, 2.45) is 5.73 Å². The van der Waals surface area contributed by atoms with E-state index >= 15 is 0 Å². The zero-order chi connectivity index (χ0) is 19.2. The van der Waals surface area contributed by atoms with Crippen LogP contribution >= 0.6 is 0 Å². The Balaban J connectivity index is 1.73. The second kappa shape index (κ2) is 8.22. The Labute approximate surface area is 154 Å². The number of hydrogen-bond donors (Lipinski definition) is 2. The van der Waals surface area contributed by atoms with Gasteiger partial charge < -0.3 is 15.6 Å². The molecule has 0 aliphatic rings. The van der Waals surface area contributed by atoms with Gasteiger partial charge in [0.1, 0.15) is 5.82 Å². The van der Waals surface area contributed by atoms with Crippen LogP contribution in [0.2, 0.25) is 0 Å². The maximum absolute atomic E-state index is 14.3. The van der Waals surface area contributed by atoms with Gasteiger partial charge >= 0.3 is 11.8 Å². The predicted molar refractivity (Wildman–Crippen MR) is 94.0 cm³/mol. The van der Waals surface area contributed by atoms with Gasteiger partial charge in [0.25, 0.3) is 0 Å². The summed E-state index contributed by atoms with van der Waals surface area (Å²) < 4.78 is 19.0. The molecule has 2 aromatic carbocycles. The summed E-state index contributed by atoms with van der Waals surface area (Å²) in [7, 11) is 0. The monoisotopic (exact) mass is 368 g/mol. The fourth-order valence-electron chi connectivity index (χ4n) is 2.71. The Morgan fingerprint density at radius 3 is 2.48 bits per heavy atom. The number of halogens is 1. The van der Waals surface area contributed by atoms with Crippen LogP contribution in [0.5, 0.6) is 0 Å². The molecule has 27 heavy (non-hydrogen) atoms. The summed E-state index contributed by atoms with van der Waals surface area (Å²) in [5, 5.41) is 6.20. The first-order valence-electron chi connectivity index (χ1n) is 8.23. The molecule has 0 aliphatic heterocycles. The standard InChI is InChI=1S/C19H17FN4O3/c20-15-9-5-4-8-13(15)14(12-6-2-1-3-7-12)10-17(25)22-11-16-23-19(18(21)26)27-24-16/h1-9,14H,10-11H2,(H2,21,26)(H,22,25). The Bertz CT molecular complexity index is 943. The van der Waals surface area contributed by atoms with Crippen molar-refractivity contribution in [2.45, 2.75) is 18.9 Å². The first-order chi connectivity index (χ1) is 13.0. The van der Waals surface area contributed by atoms with E-state index in [1.807, 2.05) is 30.3 Å². The molecule has 0 fully saturated rings. The third kappa shape index (κ3) is 4.55. The van der Waals surface area contributed by atoms with Crippen LogP contribution in [0.1, 0.15) is 40.0 Å². The fourth-order valence-corrected chi connectivity index (χ4v) is 2.71. The number of nitrogens with zero attached hydrogens (tertiary/aromatic N) is 2. The molecule has 8 heteroatoms. The van der Waals surface area contributed by atoms with E-state index in [0.29, 0.717) is 5.56 Å². The van der Waals surface area contributed by atoms with Gasteiger partial charge in [0.2, 0.25) is 5.91 Å². The summed E-state index contributed by atoms with van der Waals surface area (Å²) in [6.45, 7) is -0.0333. The molecule has 1 atom stereocenters. The Morgan fingerprint density at radius 1 is 1.11 bits per heavy atom. The van der Waals surface area contributed by atoms with Gasteiger partial charge in [-0.2, -0.15) is 4.98 Å². The molecule has 1 aromatic heterocycles. The van der Waals surface area contributed by atoms with Gasteiger partial charge in [0.05, 0.1) is 6.54 Å². The van der Waals surface area contributed by atoms with Gasteiger partial charge in [-0.25, -0.2) is 4.39 Å². The number of benzene rings is 2. The van der Waals surface area contributed by atoms with Crippen LogP contribution in [0.3, 0.4) is 0 Å². The van der Waals surface area contributed by atoms with Gasteiger partial charge in [-0.3, -0.25) is 9.59 Å². The highest BCUT2D eigenvalue weighted by molar-refractivity contribution is 5.87. The molecule has 0 spiro atoms. The minimum atomic E-state index is -0.844. The Hall–Kier alpha value is -3.55. The number of carbonyl (C=O) groups excluding carboxylic acids is 2. The molecule has 0 bridgehead atoms. The van der Waals surface area contributed by atoms with Crippen molar-refractivity contribution in [1.82, 2.24) is 15.5 Å². The Morgan fingerprint density at radius 2 is 1.81 bits per heavy atom. The van der Waals surface area contributed by atoms with E-state index in [4.69, 9.17) is 5.73 Å². The zero-order valence-corrected chi connectivity index (χ0v) is 14.3.